The Hall–Kier alpha value is -2.11. The minimum atomic E-state index is -0.857. The van der Waals surface area contributed by atoms with Crippen molar-refractivity contribution in [2.24, 2.45) is 17.8 Å². The van der Waals surface area contributed by atoms with Crippen molar-refractivity contribution >= 4 is 17.6 Å². The Labute approximate surface area is 107 Å². The summed E-state index contributed by atoms with van der Waals surface area (Å²) >= 11 is 0. The van der Waals surface area contributed by atoms with Crippen LogP contribution in [0.5, 0.6) is 0 Å². The molecule has 2 aliphatic rings. The fourth-order valence-electron chi connectivity index (χ4n) is 2.70. The van der Waals surface area contributed by atoms with Gasteiger partial charge < -0.3 is 0 Å². The zero-order valence-electron chi connectivity index (χ0n) is 9.89. The summed E-state index contributed by atoms with van der Waals surface area (Å²) in [5.74, 6) is -5.14. The molecule has 0 radical (unpaired) electrons. The normalized spacial score (nSPS) is 28.6. The molecule has 1 saturated carbocycles. The van der Waals surface area contributed by atoms with Gasteiger partial charge in [-0.15, -0.1) is 0 Å². The predicted octanol–water partition coefficient (Wildman–Crippen LogP) is 1.01. The maximum absolute atomic E-state index is 13.0. The smallest absolute Gasteiger partial charge is 0.233 e. The van der Waals surface area contributed by atoms with E-state index in [2.05, 4.69) is 0 Å². The number of Topliss-reactive ketones (excluding diaryl/α,β-unsaturated/α-hetero) is 1. The quantitative estimate of drug-likeness (QED) is 0.592. The number of piperidine rings is 1. The molecule has 1 aliphatic heterocycles. The van der Waals surface area contributed by atoms with Crippen LogP contribution in [0.1, 0.15) is 10.4 Å². The molecule has 98 valence electrons. The lowest BCUT2D eigenvalue weighted by Crippen LogP contribution is -2.32. The highest BCUT2D eigenvalue weighted by Gasteiger charge is 2.69. The Morgan fingerprint density at radius 3 is 2.00 bits per heavy atom. The van der Waals surface area contributed by atoms with Crippen LogP contribution in [0, 0.1) is 29.4 Å². The van der Waals surface area contributed by atoms with Gasteiger partial charge in [0.1, 0.15) is 11.6 Å². The molecule has 19 heavy (non-hydrogen) atoms. The summed E-state index contributed by atoms with van der Waals surface area (Å²) in [5.41, 5.74) is -0.139. The van der Waals surface area contributed by atoms with Crippen molar-refractivity contribution in [1.29, 1.82) is 0 Å². The summed E-state index contributed by atoms with van der Waals surface area (Å²) in [6.45, 7) is 0. The van der Waals surface area contributed by atoms with Crippen LogP contribution in [0.2, 0.25) is 0 Å². The Morgan fingerprint density at radius 2 is 1.53 bits per heavy atom. The molecule has 1 aromatic carbocycles. The third kappa shape index (κ3) is 1.59. The van der Waals surface area contributed by atoms with Gasteiger partial charge in [-0.25, -0.2) is 8.78 Å². The first kappa shape index (κ1) is 12.0. The van der Waals surface area contributed by atoms with Gasteiger partial charge in [-0.1, -0.05) is 0 Å². The number of ketones is 1. The lowest BCUT2D eigenvalue weighted by atomic mass is 10.0. The van der Waals surface area contributed by atoms with Gasteiger partial charge >= 0.3 is 0 Å². The van der Waals surface area contributed by atoms with Crippen molar-refractivity contribution in [2.45, 2.75) is 0 Å². The molecule has 0 bridgehead atoms. The molecule has 3 atom stereocenters. The maximum Gasteiger partial charge on any atom is 0.233 e. The van der Waals surface area contributed by atoms with E-state index >= 15 is 0 Å². The van der Waals surface area contributed by atoms with Gasteiger partial charge in [-0.05, 0) is 12.1 Å². The van der Waals surface area contributed by atoms with E-state index in [0.29, 0.717) is 6.07 Å². The monoisotopic (exact) mass is 265 g/mol. The number of benzene rings is 1. The van der Waals surface area contributed by atoms with Crippen LogP contribution in [-0.4, -0.2) is 29.5 Å². The highest BCUT2D eigenvalue weighted by atomic mass is 19.1. The lowest BCUT2D eigenvalue weighted by Gasteiger charge is -2.11. The first-order valence-electron chi connectivity index (χ1n) is 5.73. The topological polar surface area (TPSA) is 54.5 Å². The highest BCUT2D eigenvalue weighted by molar-refractivity contribution is 6.16. The van der Waals surface area contributed by atoms with E-state index < -0.39 is 47.0 Å². The van der Waals surface area contributed by atoms with Crippen LogP contribution < -0.4 is 0 Å². The summed E-state index contributed by atoms with van der Waals surface area (Å²) in [6.07, 6.45) is 0. The molecule has 0 spiro atoms. The number of hydrogen-bond acceptors (Lipinski definition) is 3. The molecular weight excluding hydrogens is 256 g/mol. The SMILES string of the molecule is CN1C(=O)[C@@H]2C(C(=O)c3cc(F)cc(F)c3)[C@@H]2C1=O. The van der Waals surface area contributed by atoms with Gasteiger partial charge in [0.25, 0.3) is 0 Å². The first-order valence-corrected chi connectivity index (χ1v) is 5.73. The van der Waals surface area contributed by atoms with Gasteiger partial charge in [0.15, 0.2) is 5.78 Å². The third-order valence-electron chi connectivity index (χ3n) is 3.70. The first-order chi connectivity index (χ1) is 8.91. The number of halogens is 2. The molecule has 4 nitrogen and oxygen atoms in total. The fourth-order valence-corrected chi connectivity index (χ4v) is 2.70. The molecule has 1 unspecified atom stereocenters. The van der Waals surface area contributed by atoms with Crippen LogP contribution >= 0.6 is 0 Å². The molecule has 0 N–H and O–H groups in total. The van der Waals surface area contributed by atoms with Crippen LogP contribution in [0.25, 0.3) is 0 Å². The second-order valence-electron chi connectivity index (χ2n) is 4.84. The van der Waals surface area contributed by atoms with Crippen molar-refractivity contribution in [3.63, 3.8) is 0 Å². The zero-order chi connectivity index (χ0) is 13.9. The van der Waals surface area contributed by atoms with Gasteiger partial charge in [0.2, 0.25) is 11.8 Å². The molecule has 3 rings (SSSR count). The number of likely N-dealkylation sites (tertiary alicyclic amines) is 1. The Kier molecular flexibility index (Phi) is 2.32. The van der Waals surface area contributed by atoms with Gasteiger partial charge in [0, 0.05) is 24.6 Å². The molecule has 1 heterocycles. The van der Waals surface area contributed by atoms with E-state index in [4.69, 9.17) is 0 Å². The van der Waals surface area contributed by atoms with Crippen LogP contribution in [-0.2, 0) is 9.59 Å². The van der Waals surface area contributed by atoms with E-state index in [-0.39, 0.29) is 5.56 Å². The Bertz CT molecular complexity index is 586. The minimum absolute atomic E-state index is 0.139. The van der Waals surface area contributed by atoms with E-state index in [1.807, 2.05) is 0 Å². The average Bonchev–Trinajstić information content (AvgIpc) is 3.03. The highest BCUT2D eigenvalue weighted by Crippen LogP contribution is 2.54. The number of carbonyl (C=O) groups is 3. The molecule has 1 aromatic rings. The van der Waals surface area contributed by atoms with Crippen molar-refractivity contribution in [3.05, 3.63) is 35.4 Å². The molecule has 1 aliphatic carbocycles. The molecule has 6 heteroatoms. The summed E-state index contributed by atoms with van der Waals surface area (Å²) in [5, 5.41) is 0. The predicted molar refractivity (Wildman–Crippen MR) is 58.9 cm³/mol. The van der Waals surface area contributed by atoms with Gasteiger partial charge in [-0.3, -0.25) is 19.3 Å². The number of hydrogen-bond donors (Lipinski definition) is 0. The summed E-state index contributed by atoms with van der Waals surface area (Å²) in [7, 11) is 1.36. The van der Waals surface area contributed by atoms with Crippen molar-refractivity contribution in [2.75, 3.05) is 7.05 Å². The van der Waals surface area contributed by atoms with Crippen LogP contribution in [0.4, 0.5) is 8.78 Å². The number of nitrogens with zero attached hydrogens (tertiary/aromatic N) is 1. The molecule has 1 saturated heterocycles. The number of fused-ring (bicyclic) bond motifs is 1. The third-order valence-corrected chi connectivity index (χ3v) is 3.70. The number of carbonyl (C=O) groups excluding carboxylic acids is 3. The fraction of sp³-hybridized carbons (Fsp3) is 0.308. The van der Waals surface area contributed by atoms with E-state index in [1.165, 1.54) is 7.05 Å². The van der Waals surface area contributed by atoms with Crippen LogP contribution in [0.15, 0.2) is 18.2 Å². The Morgan fingerprint density at radius 1 is 1.05 bits per heavy atom. The largest absolute Gasteiger partial charge is 0.294 e. The Balaban J connectivity index is 1.88. The number of imide groups is 1. The summed E-state index contributed by atoms with van der Waals surface area (Å²) in [4.78, 5) is 36.3. The van der Waals surface area contributed by atoms with Crippen LogP contribution in [0.3, 0.4) is 0 Å². The van der Waals surface area contributed by atoms with Gasteiger partial charge in [0.05, 0.1) is 11.8 Å². The van der Waals surface area contributed by atoms with E-state index in [9.17, 15) is 23.2 Å². The second-order valence-corrected chi connectivity index (χ2v) is 4.84. The standard InChI is InChI=1S/C13H9F2NO3/c1-16-12(18)9-8(10(9)13(16)19)11(17)5-2-6(14)4-7(15)3-5/h2-4,8-10H,1H3/t8?,9-,10+. The van der Waals surface area contributed by atoms with E-state index in [0.717, 1.165) is 17.0 Å². The molecule has 2 fully saturated rings. The van der Waals surface area contributed by atoms with Gasteiger partial charge in [-0.2, -0.15) is 0 Å². The average molecular weight is 265 g/mol. The molecular formula is C13H9F2NO3. The number of amides is 2. The second kappa shape index (κ2) is 3.69. The summed E-state index contributed by atoms with van der Waals surface area (Å²) in [6, 6.07) is 2.49. The lowest BCUT2D eigenvalue weighted by molar-refractivity contribution is -0.140. The molecule has 2 amide bonds. The van der Waals surface area contributed by atoms with Crippen molar-refractivity contribution < 1.29 is 23.2 Å². The van der Waals surface area contributed by atoms with E-state index in [1.54, 1.807) is 0 Å². The summed E-state index contributed by atoms with van der Waals surface area (Å²) < 4.78 is 26.1. The number of rotatable bonds is 2. The van der Waals surface area contributed by atoms with Crippen molar-refractivity contribution in [3.8, 4) is 0 Å². The minimum Gasteiger partial charge on any atom is -0.294 e. The molecule has 0 aromatic heterocycles. The van der Waals surface area contributed by atoms with Crippen molar-refractivity contribution in [1.82, 2.24) is 4.90 Å². The maximum atomic E-state index is 13.0. The zero-order valence-corrected chi connectivity index (χ0v) is 9.89.